The van der Waals surface area contributed by atoms with E-state index in [0.29, 0.717) is 5.69 Å². The lowest BCUT2D eigenvalue weighted by Crippen LogP contribution is -1.80. The molecule has 0 aliphatic carbocycles. The molecule has 0 heterocycles. The summed E-state index contributed by atoms with van der Waals surface area (Å²) in [7, 11) is 0. The number of nitrogens with two attached hydrogens (primary N) is 1. The summed E-state index contributed by atoms with van der Waals surface area (Å²) in [4.78, 5) is 0. The Morgan fingerprint density at radius 1 is 0.688 bits per heavy atom. The molecule has 0 bridgehead atoms. The molecule has 2 aromatic carbocycles. The summed E-state index contributed by atoms with van der Waals surface area (Å²) in [6, 6.07) is 12.5. The van der Waals surface area contributed by atoms with Crippen LogP contribution in [0.3, 0.4) is 0 Å². The van der Waals surface area contributed by atoms with Crippen LogP contribution in [-0.4, -0.2) is 15.3 Å². The predicted octanol–water partition coefficient (Wildman–Crippen LogP) is 2.07. The van der Waals surface area contributed by atoms with E-state index in [1.807, 2.05) is 0 Å². The van der Waals surface area contributed by atoms with Crippen molar-refractivity contribution in [2.45, 2.75) is 0 Å². The van der Waals surface area contributed by atoms with Gasteiger partial charge in [-0.25, -0.2) is 0 Å². The number of hydrogen-bond donors (Lipinski definition) is 4. The quantitative estimate of drug-likeness (QED) is 0.310. The van der Waals surface area contributed by atoms with Crippen molar-refractivity contribution in [1.29, 1.82) is 0 Å². The zero-order valence-electron chi connectivity index (χ0n) is 8.54. The van der Waals surface area contributed by atoms with Gasteiger partial charge in [-0.2, -0.15) is 0 Å². The average molecular weight is 219 g/mol. The zero-order chi connectivity index (χ0) is 12.0. The van der Waals surface area contributed by atoms with Crippen LogP contribution in [0, 0.1) is 0 Å². The lowest BCUT2D eigenvalue weighted by Gasteiger charge is -1.91. The van der Waals surface area contributed by atoms with Gasteiger partial charge >= 0.3 is 0 Å². The van der Waals surface area contributed by atoms with Crippen molar-refractivity contribution in [1.82, 2.24) is 0 Å². The molecule has 0 radical (unpaired) electrons. The van der Waals surface area contributed by atoms with Crippen molar-refractivity contribution in [2.24, 2.45) is 0 Å². The molecule has 0 saturated carbocycles. The summed E-state index contributed by atoms with van der Waals surface area (Å²) in [5.74, 6) is 0.0965. The molecule has 0 unspecified atom stereocenters. The van der Waals surface area contributed by atoms with Crippen molar-refractivity contribution in [3.8, 4) is 17.2 Å². The third-order valence-corrected chi connectivity index (χ3v) is 1.77. The number of benzene rings is 2. The molecule has 0 saturated heterocycles. The number of rotatable bonds is 0. The molecule has 0 atom stereocenters. The maximum absolute atomic E-state index is 8.70. The summed E-state index contributed by atoms with van der Waals surface area (Å²) < 4.78 is 0. The van der Waals surface area contributed by atoms with E-state index < -0.39 is 0 Å². The van der Waals surface area contributed by atoms with Crippen LogP contribution < -0.4 is 5.73 Å². The van der Waals surface area contributed by atoms with Crippen LogP contribution in [0.5, 0.6) is 17.2 Å². The van der Waals surface area contributed by atoms with Crippen LogP contribution in [-0.2, 0) is 0 Å². The highest BCUT2D eigenvalue weighted by atomic mass is 16.3. The standard InChI is InChI=1S/C6H7NO.C6H6O2/c7-5-1-3-6(8)4-2-5;7-5-3-1-2-4-6(5)8/h1-4,8H,7H2;1-4,7-8H. The second kappa shape index (κ2) is 5.50. The van der Waals surface area contributed by atoms with Crippen molar-refractivity contribution in [2.75, 3.05) is 5.73 Å². The van der Waals surface area contributed by atoms with Gasteiger partial charge in [0.2, 0.25) is 0 Å². The second-order valence-corrected chi connectivity index (χ2v) is 3.08. The Morgan fingerprint density at radius 3 is 1.44 bits per heavy atom. The Kier molecular flexibility index (Phi) is 4.03. The summed E-state index contributed by atoms with van der Waals surface area (Å²) in [5.41, 5.74) is 5.98. The van der Waals surface area contributed by atoms with Gasteiger partial charge in [0, 0.05) is 5.69 Å². The van der Waals surface area contributed by atoms with E-state index in [4.69, 9.17) is 21.1 Å². The Morgan fingerprint density at radius 2 is 1.12 bits per heavy atom. The molecule has 0 aliphatic heterocycles. The van der Waals surface area contributed by atoms with Crippen molar-refractivity contribution in [3.05, 3.63) is 48.5 Å². The summed E-state index contributed by atoms with van der Waals surface area (Å²) in [6.07, 6.45) is 0. The minimum atomic E-state index is -0.0764. The van der Waals surface area contributed by atoms with Crippen LogP contribution in [0.4, 0.5) is 5.69 Å². The van der Waals surface area contributed by atoms with E-state index in [1.165, 1.54) is 12.1 Å². The van der Waals surface area contributed by atoms with Gasteiger partial charge in [0.1, 0.15) is 5.75 Å². The third-order valence-electron chi connectivity index (χ3n) is 1.77. The van der Waals surface area contributed by atoms with E-state index >= 15 is 0 Å². The number of anilines is 1. The van der Waals surface area contributed by atoms with E-state index in [1.54, 1.807) is 36.4 Å². The molecule has 4 nitrogen and oxygen atoms in total. The van der Waals surface area contributed by atoms with Crippen molar-refractivity contribution in [3.63, 3.8) is 0 Å². The maximum Gasteiger partial charge on any atom is 0.157 e. The van der Waals surface area contributed by atoms with E-state index in [0.717, 1.165) is 0 Å². The number of phenols is 3. The SMILES string of the molecule is Nc1ccc(O)cc1.Oc1ccccc1O. The van der Waals surface area contributed by atoms with Crippen LogP contribution in [0.2, 0.25) is 0 Å². The molecule has 2 rings (SSSR count). The second-order valence-electron chi connectivity index (χ2n) is 3.08. The molecular formula is C12H13NO3. The fraction of sp³-hybridized carbons (Fsp3) is 0. The van der Waals surface area contributed by atoms with Gasteiger partial charge in [-0.1, -0.05) is 12.1 Å². The van der Waals surface area contributed by atoms with Gasteiger partial charge in [0.05, 0.1) is 0 Å². The lowest BCUT2D eigenvalue weighted by molar-refractivity contribution is 0.404. The Labute approximate surface area is 93.2 Å². The molecule has 2 aromatic rings. The predicted molar refractivity (Wildman–Crippen MR) is 62.3 cm³/mol. The molecule has 5 N–H and O–H groups in total. The van der Waals surface area contributed by atoms with Crippen LogP contribution in [0.15, 0.2) is 48.5 Å². The Bertz CT molecular complexity index is 398. The first-order valence-electron chi connectivity index (χ1n) is 4.61. The minimum Gasteiger partial charge on any atom is -0.508 e. The normalized spacial score (nSPS) is 9.00. The molecule has 84 valence electrons. The monoisotopic (exact) mass is 219 g/mol. The Balaban J connectivity index is 0.000000160. The topological polar surface area (TPSA) is 86.7 Å². The van der Waals surface area contributed by atoms with Gasteiger partial charge in [-0.3, -0.25) is 0 Å². The highest BCUT2D eigenvalue weighted by molar-refractivity contribution is 5.40. The van der Waals surface area contributed by atoms with Gasteiger partial charge in [-0.15, -0.1) is 0 Å². The van der Waals surface area contributed by atoms with E-state index in [-0.39, 0.29) is 17.2 Å². The number of aromatic hydroxyl groups is 3. The highest BCUT2D eigenvalue weighted by Crippen LogP contribution is 2.21. The van der Waals surface area contributed by atoms with Crippen LogP contribution in [0.25, 0.3) is 0 Å². The summed E-state index contributed by atoms with van der Waals surface area (Å²) in [6.45, 7) is 0. The fourth-order valence-electron chi connectivity index (χ4n) is 0.938. The average Bonchev–Trinajstić information content (AvgIpc) is 2.28. The molecule has 0 spiro atoms. The summed E-state index contributed by atoms with van der Waals surface area (Å²) in [5, 5.41) is 26.0. The van der Waals surface area contributed by atoms with Crippen LogP contribution in [0.1, 0.15) is 0 Å². The molecule has 0 aromatic heterocycles. The minimum absolute atomic E-state index is 0.0764. The first-order valence-corrected chi connectivity index (χ1v) is 4.61. The van der Waals surface area contributed by atoms with Gasteiger partial charge in [-0.05, 0) is 36.4 Å². The van der Waals surface area contributed by atoms with Crippen molar-refractivity contribution >= 4 is 5.69 Å². The van der Waals surface area contributed by atoms with Gasteiger partial charge in [0.15, 0.2) is 11.5 Å². The molecule has 16 heavy (non-hydrogen) atoms. The van der Waals surface area contributed by atoms with Gasteiger partial charge < -0.3 is 21.1 Å². The highest BCUT2D eigenvalue weighted by Gasteiger charge is 1.90. The number of hydrogen-bond acceptors (Lipinski definition) is 4. The molecular weight excluding hydrogens is 206 g/mol. The molecule has 4 heteroatoms. The smallest absolute Gasteiger partial charge is 0.157 e. The molecule has 0 amide bonds. The first kappa shape index (κ1) is 11.7. The van der Waals surface area contributed by atoms with Gasteiger partial charge in [0.25, 0.3) is 0 Å². The fourth-order valence-corrected chi connectivity index (χ4v) is 0.938. The van der Waals surface area contributed by atoms with E-state index in [2.05, 4.69) is 0 Å². The van der Waals surface area contributed by atoms with Crippen LogP contribution >= 0.6 is 0 Å². The Hall–Kier alpha value is -2.36. The zero-order valence-corrected chi connectivity index (χ0v) is 8.54. The molecule has 0 fully saturated rings. The largest absolute Gasteiger partial charge is 0.508 e. The number of nitrogen functional groups attached to an aromatic ring is 1. The summed E-state index contributed by atoms with van der Waals surface area (Å²) >= 11 is 0. The number of phenolic OH excluding ortho intramolecular Hbond substituents is 3. The molecule has 0 aliphatic rings. The maximum atomic E-state index is 8.70. The lowest BCUT2D eigenvalue weighted by atomic mass is 10.3. The van der Waals surface area contributed by atoms with Crippen molar-refractivity contribution < 1.29 is 15.3 Å². The first-order chi connectivity index (χ1) is 7.59. The third kappa shape index (κ3) is 3.79. The number of para-hydroxylation sites is 2. The van der Waals surface area contributed by atoms with E-state index in [9.17, 15) is 0 Å².